The standard InChI is InChI=1S/C30H34N4O7/c1-29(16-39-17-29)33-14-19-8-9-21-24(12-19)41-26-25(21)40-18-30(2,34(27(26)35)10-11-37-3)28(36)32-15-22-20(13-31)6-5-7-23(22)38-4/h5-9,12,33H,10-11,14-18H2,1-4H3,(H,32,36). The van der Waals surface area contributed by atoms with E-state index in [0.717, 1.165) is 5.56 Å². The van der Waals surface area contributed by atoms with Gasteiger partial charge < -0.3 is 38.9 Å². The van der Waals surface area contributed by atoms with Crippen LogP contribution in [-0.2, 0) is 27.4 Å². The van der Waals surface area contributed by atoms with E-state index in [9.17, 15) is 14.9 Å². The molecule has 0 saturated carbocycles. The van der Waals surface area contributed by atoms with Gasteiger partial charge in [-0.15, -0.1) is 0 Å². The van der Waals surface area contributed by atoms with Crippen molar-refractivity contribution in [2.24, 2.45) is 0 Å². The Bertz CT molecular complexity index is 1510. The van der Waals surface area contributed by atoms with Gasteiger partial charge >= 0.3 is 0 Å². The maximum absolute atomic E-state index is 13.9. The number of hydrogen-bond donors (Lipinski definition) is 2. The molecule has 41 heavy (non-hydrogen) atoms. The van der Waals surface area contributed by atoms with E-state index in [1.54, 1.807) is 25.1 Å². The minimum Gasteiger partial charge on any atom is -0.496 e. The first kappa shape index (κ1) is 28.4. The van der Waals surface area contributed by atoms with Crippen LogP contribution in [-0.4, -0.2) is 75.0 Å². The topological polar surface area (TPSA) is 135 Å². The largest absolute Gasteiger partial charge is 0.496 e. The lowest BCUT2D eigenvalue weighted by atomic mass is 9.98. The molecule has 2 aliphatic heterocycles. The predicted octanol–water partition coefficient (Wildman–Crippen LogP) is 2.75. The lowest BCUT2D eigenvalue weighted by Crippen LogP contribution is -2.61. The van der Waals surface area contributed by atoms with Gasteiger partial charge in [0.05, 0.1) is 49.5 Å². The van der Waals surface area contributed by atoms with Crippen molar-refractivity contribution in [1.29, 1.82) is 5.26 Å². The fourth-order valence-electron chi connectivity index (χ4n) is 5.10. The van der Waals surface area contributed by atoms with E-state index < -0.39 is 17.4 Å². The minimum absolute atomic E-state index is 0.0299. The summed E-state index contributed by atoms with van der Waals surface area (Å²) >= 11 is 0. The average molecular weight is 563 g/mol. The molecule has 11 nitrogen and oxygen atoms in total. The molecule has 1 saturated heterocycles. The summed E-state index contributed by atoms with van der Waals surface area (Å²) in [7, 11) is 3.03. The van der Waals surface area contributed by atoms with Crippen molar-refractivity contribution in [3.63, 3.8) is 0 Å². The van der Waals surface area contributed by atoms with Crippen LogP contribution in [0.3, 0.4) is 0 Å². The van der Waals surface area contributed by atoms with Gasteiger partial charge in [0.15, 0.2) is 11.3 Å². The van der Waals surface area contributed by atoms with Crippen LogP contribution in [0.1, 0.15) is 41.1 Å². The quantitative estimate of drug-likeness (QED) is 0.382. The molecule has 5 rings (SSSR count). The first-order valence-electron chi connectivity index (χ1n) is 13.4. The molecule has 11 heteroatoms. The Balaban J connectivity index is 1.40. The first-order valence-corrected chi connectivity index (χ1v) is 13.4. The molecule has 1 atom stereocenters. The van der Waals surface area contributed by atoms with Gasteiger partial charge in [0.2, 0.25) is 11.7 Å². The Hall–Kier alpha value is -4.11. The molecule has 1 aromatic heterocycles. The van der Waals surface area contributed by atoms with Crippen LogP contribution >= 0.6 is 0 Å². The average Bonchev–Trinajstić information content (AvgIpc) is 3.29. The number of nitrogens with one attached hydrogen (secondary N) is 2. The number of benzene rings is 2. The zero-order valence-corrected chi connectivity index (χ0v) is 23.7. The van der Waals surface area contributed by atoms with E-state index in [0.29, 0.717) is 53.4 Å². The number of nitrogens with zero attached hydrogens (tertiary/aromatic N) is 2. The van der Waals surface area contributed by atoms with Gasteiger partial charge in [-0.3, -0.25) is 9.59 Å². The summed E-state index contributed by atoms with van der Waals surface area (Å²) in [6.45, 7) is 5.94. The van der Waals surface area contributed by atoms with Crippen molar-refractivity contribution >= 4 is 22.8 Å². The molecule has 216 valence electrons. The molecule has 0 spiro atoms. The van der Waals surface area contributed by atoms with Gasteiger partial charge in [0.1, 0.15) is 17.9 Å². The van der Waals surface area contributed by atoms with Crippen LogP contribution in [0.5, 0.6) is 11.5 Å². The van der Waals surface area contributed by atoms with Gasteiger partial charge in [-0.25, -0.2) is 0 Å². The first-order chi connectivity index (χ1) is 19.7. The second-order valence-corrected chi connectivity index (χ2v) is 10.8. The predicted molar refractivity (Wildman–Crippen MR) is 149 cm³/mol. The molecule has 2 amide bonds. The smallest absolute Gasteiger partial charge is 0.294 e. The van der Waals surface area contributed by atoms with E-state index in [4.69, 9.17) is 23.4 Å². The number of ether oxygens (including phenoxy) is 4. The van der Waals surface area contributed by atoms with E-state index in [-0.39, 0.29) is 37.6 Å². The van der Waals surface area contributed by atoms with Crippen molar-refractivity contribution < 1.29 is 33.0 Å². The Kier molecular flexibility index (Phi) is 7.91. The molecule has 3 heterocycles. The number of hydrogen-bond acceptors (Lipinski definition) is 9. The summed E-state index contributed by atoms with van der Waals surface area (Å²) in [6, 6.07) is 12.9. The Morgan fingerprint density at radius 1 is 1.15 bits per heavy atom. The molecule has 1 unspecified atom stereocenters. The summed E-state index contributed by atoms with van der Waals surface area (Å²) in [5.74, 6) is -0.104. The second kappa shape index (κ2) is 11.4. The van der Waals surface area contributed by atoms with Crippen LogP contribution in [0.15, 0.2) is 40.8 Å². The summed E-state index contributed by atoms with van der Waals surface area (Å²) in [5.41, 5.74) is 0.995. The molecular formula is C30H34N4O7. The van der Waals surface area contributed by atoms with Crippen molar-refractivity contribution in [2.45, 2.75) is 38.0 Å². The van der Waals surface area contributed by atoms with Crippen LogP contribution in [0.25, 0.3) is 11.0 Å². The molecule has 1 fully saturated rings. The second-order valence-electron chi connectivity index (χ2n) is 10.8. The Labute approximate surface area is 238 Å². The van der Waals surface area contributed by atoms with Crippen LogP contribution < -0.4 is 20.1 Å². The Morgan fingerprint density at radius 3 is 2.63 bits per heavy atom. The normalized spacial score (nSPS) is 19.5. The third-order valence-electron chi connectivity index (χ3n) is 7.71. The highest BCUT2D eigenvalue weighted by molar-refractivity contribution is 6.04. The molecule has 3 aromatic rings. The number of furan rings is 1. The number of amides is 2. The Morgan fingerprint density at radius 2 is 1.95 bits per heavy atom. The maximum atomic E-state index is 13.9. The van der Waals surface area contributed by atoms with E-state index >= 15 is 0 Å². The maximum Gasteiger partial charge on any atom is 0.294 e. The number of methoxy groups -OCH3 is 2. The summed E-state index contributed by atoms with van der Waals surface area (Å²) < 4.78 is 28.2. The van der Waals surface area contributed by atoms with Crippen LogP contribution in [0.4, 0.5) is 0 Å². The fraction of sp³-hybridized carbons (Fsp3) is 0.433. The molecule has 0 radical (unpaired) electrons. The van der Waals surface area contributed by atoms with Gasteiger partial charge in [0.25, 0.3) is 5.91 Å². The number of carbonyl (C=O) groups is 2. The zero-order valence-electron chi connectivity index (χ0n) is 23.7. The van der Waals surface area contributed by atoms with Crippen molar-refractivity contribution in [2.75, 3.05) is 47.2 Å². The van der Waals surface area contributed by atoms with Crippen molar-refractivity contribution in [3.05, 3.63) is 58.8 Å². The third-order valence-corrected chi connectivity index (χ3v) is 7.71. The molecule has 2 aliphatic rings. The van der Waals surface area contributed by atoms with Gasteiger partial charge in [-0.05, 0) is 43.7 Å². The monoisotopic (exact) mass is 562 g/mol. The SMILES string of the molecule is COCCN1C(=O)c2oc3cc(CNC4(C)COC4)ccc3c2OCC1(C)C(=O)NCc1c(C#N)cccc1OC. The van der Waals surface area contributed by atoms with Gasteiger partial charge in [0, 0.05) is 32.3 Å². The zero-order chi connectivity index (χ0) is 29.2. The van der Waals surface area contributed by atoms with E-state index in [1.165, 1.54) is 19.1 Å². The van der Waals surface area contributed by atoms with E-state index in [1.807, 2.05) is 18.2 Å². The number of carbonyl (C=O) groups excluding carboxylic acids is 2. The number of rotatable bonds is 10. The molecule has 0 aliphatic carbocycles. The molecular weight excluding hydrogens is 528 g/mol. The highest BCUT2D eigenvalue weighted by atomic mass is 16.5. The van der Waals surface area contributed by atoms with Crippen LogP contribution in [0, 0.1) is 11.3 Å². The fourth-order valence-corrected chi connectivity index (χ4v) is 5.10. The van der Waals surface area contributed by atoms with Crippen molar-refractivity contribution in [1.82, 2.24) is 15.5 Å². The lowest BCUT2D eigenvalue weighted by molar-refractivity contribution is -0.133. The van der Waals surface area contributed by atoms with E-state index in [2.05, 4.69) is 23.6 Å². The van der Waals surface area contributed by atoms with Crippen LogP contribution in [0.2, 0.25) is 0 Å². The van der Waals surface area contributed by atoms with Crippen molar-refractivity contribution in [3.8, 4) is 17.6 Å². The highest BCUT2D eigenvalue weighted by Crippen LogP contribution is 2.39. The number of nitriles is 1. The highest BCUT2D eigenvalue weighted by Gasteiger charge is 2.48. The minimum atomic E-state index is -1.40. The molecule has 0 bridgehead atoms. The van der Waals surface area contributed by atoms with Gasteiger partial charge in [-0.2, -0.15) is 5.26 Å². The molecule has 2 aromatic carbocycles. The third kappa shape index (κ3) is 5.34. The number of fused-ring (bicyclic) bond motifs is 3. The summed E-state index contributed by atoms with van der Waals surface area (Å²) in [5, 5.41) is 16.6. The summed E-state index contributed by atoms with van der Waals surface area (Å²) in [4.78, 5) is 29.1. The van der Waals surface area contributed by atoms with Gasteiger partial charge in [-0.1, -0.05) is 12.1 Å². The molecule has 2 N–H and O–H groups in total. The summed E-state index contributed by atoms with van der Waals surface area (Å²) in [6.07, 6.45) is 0. The lowest BCUT2D eigenvalue weighted by Gasteiger charge is -2.39.